The van der Waals surface area contributed by atoms with Crippen LogP contribution in [0.25, 0.3) is 0 Å². The van der Waals surface area contributed by atoms with E-state index in [9.17, 15) is 4.79 Å². The largest absolute Gasteiger partial charge is 0.322 e. The van der Waals surface area contributed by atoms with Gasteiger partial charge in [-0.15, -0.1) is 0 Å². The van der Waals surface area contributed by atoms with Crippen LogP contribution in [0.15, 0.2) is 0 Å². The zero-order chi connectivity index (χ0) is 19.7. The van der Waals surface area contributed by atoms with Gasteiger partial charge in [-0.05, 0) is 0 Å². The second-order valence-corrected chi connectivity index (χ2v) is 6.12. The van der Waals surface area contributed by atoms with Gasteiger partial charge in [0, 0.05) is 65.4 Å². The van der Waals surface area contributed by atoms with Gasteiger partial charge in [-0.3, -0.25) is 4.90 Å². The molecule has 0 aliphatic carbocycles. The summed E-state index contributed by atoms with van der Waals surface area (Å²) in [6.45, 7) is 7.90. The molecule has 1 rings (SSSR count). The normalized spacial score (nSPS) is 13.6. The van der Waals surface area contributed by atoms with Crippen LogP contribution in [-0.4, -0.2) is 106 Å². The molecule has 0 saturated carbocycles. The van der Waals surface area contributed by atoms with Gasteiger partial charge in [0.05, 0.1) is 37.8 Å². The molecule has 27 heavy (non-hydrogen) atoms. The molecule has 1 aliphatic heterocycles. The fourth-order valence-electron chi connectivity index (χ4n) is 2.70. The number of nitriles is 3. The van der Waals surface area contributed by atoms with E-state index in [4.69, 9.17) is 15.8 Å². The zero-order valence-electron chi connectivity index (χ0n) is 15.8. The van der Waals surface area contributed by atoms with Crippen molar-refractivity contribution in [2.24, 2.45) is 0 Å². The molecule has 0 aromatic rings. The minimum Gasteiger partial charge on any atom is -0.322 e. The minimum absolute atomic E-state index is 0.0665. The van der Waals surface area contributed by atoms with E-state index in [0.717, 1.165) is 32.7 Å². The van der Waals surface area contributed by atoms with Crippen molar-refractivity contribution in [3.63, 3.8) is 0 Å². The van der Waals surface area contributed by atoms with Crippen molar-refractivity contribution in [2.75, 3.05) is 85.1 Å². The van der Waals surface area contributed by atoms with Crippen molar-refractivity contribution in [3.05, 3.63) is 0 Å². The molecule has 0 aromatic carbocycles. The lowest BCUT2D eigenvalue weighted by Crippen LogP contribution is -2.40. The first-order valence-electron chi connectivity index (χ1n) is 9.22. The van der Waals surface area contributed by atoms with Crippen molar-refractivity contribution >= 4 is 6.03 Å². The third kappa shape index (κ3) is 9.74. The van der Waals surface area contributed by atoms with Crippen LogP contribution >= 0.6 is 0 Å². The monoisotopic (exact) mass is 375 g/mol. The Balaban J connectivity index is 2.08. The fraction of sp³-hybridized carbons (Fsp3) is 0.765. The van der Waals surface area contributed by atoms with Crippen LogP contribution in [0.5, 0.6) is 0 Å². The van der Waals surface area contributed by atoms with E-state index >= 15 is 0 Å². The maximum absolute atomic E-state index is 12.3. The minimum atomic E-state index is 0.0665. The average molecular weight is 375 g/mol. The molecule has 0 aromatic heterocycles. The molecule has 0 unspecified atom stereocenters. The maximum atomic E-state index is 12.3. The smallest absolute Gasteiger partial charge is 0.320 e. The number of nitrogens with zero attached hydrogens (tertiary/aromatic N) is 6. The summed E-state index contributed by atoms with van der Waals surface area (Å²) in [6.07, 6.45) is 0. The lowest BCUT2D eigenvalue weighted by Gasteiger charge is -2.20. The second kappa shape index (κ2) is 14.7. The first-order valence-corrected chi connectivity index (χ1v) is 9.22. The van der Waals surface area contributed by atoms with Crippen LogP contribution in [0.1, 0.15) is 0 Å². The Kier molecular flexibility index (Phi) is 12.3. The summed E-state index contributed by atoms with van der Waals surface area (Å²) in [7, 11) is 0. The molecule has 1 aliphatic rings. The number of hydrogen-bond acceptors (Lipinski definition) is 8. The summed E-state index contributed by atoms with van der Waals surface area (Å²) in [6, 6.07) is 6.19. The molecule has 1 saturated heterocycles. The lowest BCUT2D eigenvalue weighted by molar-refractivity contribution is 0.192. The van der Waals surface area contributed by atoms with E-state index in [1.807, 2.05) is 28.0 Å². The van der Waals surface area contributed by atoms with Gasteiger partial charge in [0.25, 0.3) is 0 Å². The third-order valence-corrected chi connectivity index (χ3v) is 4.17. The number of nitrogens with one attached hydrogen (secondary N) is 3. The molecule has 3 N–H and O–H groups in total. The highest BCUT2D eigenvalue weighted by Gasteiger charge is 2.27. The van der Waals surface area contributed by atoms with Crippen LogP contribution in [0.4, 0.5) is 4.79 Å². The highest BCUT2D eigenvalue weighted by atomic mass is 16.2. The quantitative estimate of drug-likeness (QED) is 0.229. The number of urea groups is 1. The van der Waals surface area contributed by atoms with Crippen molar-refractivity contribution < 1.29 is 4.79 Å². The van der Waals surface area contributed by atoms with Crippen LogP contribution in [0.2, 0.25) is 0 Å². The third-order valence-electron chi connectivity index (χ3n) is 4.17. The molecule has 1 heterocycles. The predicted molar refractivity (Wildman–Crippen MR) is 100 cm³/mol. The predicted octanol–water partition coefficient (Wildman–Crippen LogP) is -1.63. The summed E-state index contributed by atoms with van der Waals surface area (Å²) in [5.41, 5.74) is 0. The molecule has 0 spiro atoms. The molecule has 148 valence electrons. The molecular weight excluding hydrogens is 346 g/mol. The number of hydrogen-bond donors (Lipinski definition) is 3. The van der Waals surface area contributed by atoms with E-state index in [1.165, 1.54) is 0 Å². The number of amides is 2. The van der Waals surface area contributed by atoms with E-state index in [-0.39, 0.29) is 19.1 Å². The summed E-state index contributed by atoms with van der Waals surface area (Å²) < 4.78 is 0. The topological polar surface area (TPSA) is 134 Å². The number of carbonyl (C=O) groups is 1. The molecule has 0 atom stereocenters. The fourth-order valence-corrected chi connectivity index (χ4v) is 2.70. The Bertz CT molecular complexity index is 532. The van der Waals surface area contributed by atoms with Gasteiger partial charge in [-0.25, -0.2) is 4.79 Å². The van der Waals surface area contributed by atoms with Gasteiger partial charge >= 0.3 is 6.03 Å². The van der Waals surface area contributed by atoms with E-state index in [2.05, 4.69) is 16.0 Å². The highest BCUT2D eigenvalue weighted by Crippen LogP contribution is 2.06. The Labute approximate surface area is 161 Å². The van der Waals surface area contributed by atoms with Crippen LogP contribution in [0.3, 0.4) is 0 Å². The Morgan fingerprint density at radius 3 is 1.93 bits per heavy atom. The molecule has 10 heteroatoms. The van der Waals surface area contributed by atoms with Gasteiger partial charge in [0.15, 0.2) is 0 Å². The molecular formula is C17H29N9O. The van der Waals surface area contributed by atoms with Gasteiger partial charge in [-0.2, -0.15) is 15.8 Å². The maximum Gasteiger partial charge on any atom is 0.320 e. The summed E-state index contributed by atoms with van der Waals surface area (Å²) in [5.74, 6) is 0. The van der Waals surface area contributed by atoms with Gasteiger partial charge in [-0.1, -0.05) is 0 Å². The van der Waals surface area contributed by atoms with Gasteiger partial charge < -0.3 is 25.8 Å². The van der Waals surface area contributed by atoms with Crippen LogP contribution in [0, 0.1) is 34.0 Å². The Morgan fingerprint density at radius 2 is 1.37 bits per heavy atom. The van der Waals surface area contributed by atoms with Gasteiger partial charge in [0.2, 0.25) is 0 Å². The Morgan fingerprint density at radius 1 is 0.815 bits per heavy atom. The summed E-state index contributed by atoms with van der Waals surface area (Å²) in [5, 5.41) is 35.3. The van der Waals surface area contributed by atoms with E-state index < -0.39 is 0 Å². The summed E-state index contributed by atoms with van der Waals surface area (Å²) >= 11 is 0. The molecule has 0 bridgehead atoms. The molecule has 0 radical (unpaired) electrons. The number of carbonyl (C=O) groups excluding carboxylic acids is 1. The van der Waals surface area contributed by atoms with Gasteiger partial charge in [0.1, 0.15) is 0 Å². The molecule has 2 amide bonds. The van der Waals surface area contributed by atoms with Crippen LogP contribution < -0.4 is 16.0 Å². The van der Waals surface area contributed by atoms with Crippen LogP contribution in [-0.2, 0) is 0 Å². The first kappa shape index (κ1) is 22.6. The van der Waals surface area contributed by atoms with Crippen molar-refractivity contribution in [1.82, 2.24) is 30.7 Å². The lowest BCUT2D eigenvalue weighted by atomic mass is 10.4. The first-order chi connectivity index (χ1) is 13.2. The molecule has 1 fully saturated rings. The molecule has 10 nitrogen and oxygen atoms in total. The van der Waals surface area contributed by atoms with E-state index in [1.54, 1.807) is 4.90 Å². The number of rotatable bonds is 15. The van der Waals surface area contributed by atoms with E-state index in [0.29, 0.717) is 39.3 Å². The summed E-state index contributed by atoms with van der Waals surface area (Å²) in [4.78, 5) is 17.8. The van der Waals surface area contributed by atoms with Crippen molar-refractivity contribution in [3.8, 4) is 18.2 Å². The second-order valence-electron chi connectivity index (χ2n) is 6.12. The van der Waals surface area contributed by atoms with Crippen molar-refractivity contribution in [1.29, 1.82) is 15.8 Å². The Hall–Kier alpha value is -2.42. The standard InChI is InChI=1S/C17H29N9O/c18-1-4-21-5-6-22-8-13-25-15-16-26(17(25)27)14-9-23-7-12-24(10-2-19)11-3-20/h21-23H,4-16H2. The van der Waals surface area contributed by atoms with Crippen molar-refractivity contribution in [2.45, 2.75) is 0 Å². The SMILES string of the molecule is N#CCNCCNCCN1CCN(CCNCCN(CC#N)CC#N)C1=O. The zero-order valence-corrected chi connectivity index (χ0v) is 15.8. The highest BCUT2D eigenvalue weighted by molar-refractivity contribution is 5.76. The average Bonchev–Trinajstić information content (AvgIpc) is 3.01.